The Kier molecular flexibility index (Phi) is 13.6. The van der Waals surface area contributed by atoms with Gasteiger partial charge in [0.15, 0.2) is 0 Å². The molecule has 0 amide bonds. The Hall–Kier alpha value is -1.06. The summed E-state index contributed by atoms with van der Waals surface area (Å²) in [7, 11) is 0. The molecule has 0 heterocycles. The lowest BCUT2D eigenvalue weighted by atomic mass is 9.89. The highest BCUT2D eigenvalue weighted by Crippen LogP contribution is 2.24. The molecule has 0 unspecified atom stereocenters. The van der Waals surface area contributed by atoms with E-state index < -0.39 is 0 Å². The number of esters is 1. The highest BCUT2D eigenvalue weighted by Gasteiger charge is 2.21. The molecule has 0 aromatic heterocycles. The molecule has 4 heteroatoms. The second-order valence-electron chi connectivity index (χ2n) is 4.88. The molecular formula is C16H30O4. The summed E-state index contributed by atoms with van der Waals surface area (Å²) < 4.78 is 9.87. The van der Waals surface area contributed by atoms with E-state index in [0.717, 1.165) is 51.4 Å². The lowest BCUT2D eigenvalue weighted by Crippen LogP contribution is -2.20. The third-order valence-electron chi connectivity index (χ3n) is 3.41. The molecule has 0 aromatic rings. The summed E-state index contributed by atoms with van der Waals surface area (Å²) in [5, 5.41) is 0. The molecule has 0 spiro atoms. The zero-order chi connectivity index (χ0) is 15.1. The van der Waals surface area contributed by atoms with E-state index in [1.807, 2.05) is 13.8 Å². The first-order valence-electron chi connectivity index (χ1n) is 8.06. The molecular weight excluding hydrogens is 256 g/mol. The maximum Gasteiger partial charge on any atom is 0.308 e. The minimum absolute atomic E-state index is 0.000937. The van der Waals surface area contributed by atoms with E-state index in [0.29, 0.717) is 19.7 Å². The van der Waals surface area contributed by atoms with Crippen LogP contribution in [-0.2, 0) is 19.1 Å². The Bertz CT molecular complexity index is 235. The van der Waals surface area contributed by atoms with Crippen LogP contribution >= 0.6 is 0 Å². The van der Waals surface area contributed by atoms with Crippen LogP contribution in [0.25, 0.3) is 0 Å². The van der Waals surface area contributed by atoms with E-state index in [1.54, 1.807) is 0 Å². The topological polar surface area (TPSA) is 52.6 Å². The first kappa shape index (κ1) is 18.9. The van der Waals surface area contributed by atoms with Gasteiger partial charge < -0.3 is 9.47 Å². The second-order valence-corrected chi connectivity index (χ2v) is 4.88. The summed E-state index contributed by atoms with van der Waals surface area (Å²) in [6.45, 7) is 5.50. The van der Waals surface area contributed by atoms with Crippen LogP contribution in [0.3, 0.4) is 0 Å². The van der Waals surface area contributed by atoms with Gasteiger partial charge in [0, 0.05) is 0 Å². The van der Waals surface area contributed by atoms with Crippen LogP contribution in [0, 0.1) is 5.92 Å². The number of hydrogen-bond acceptors (Lipinski definition) is 4. The smallest absolute Gasteiger partial charge is 0.308 e. The van der Waals surface area contributed by atoms with Gasteiger partial charge in [-0.25, -0.2) is 0 Å². The van der Waals surface area contributed by atoms with Crippen molar-refractivity contribution in [1.29, 1.82) is 0 Å². The highest BCUT2D eigenvalue weighted by molar-refractivity contribution is 5.72. The van der Waals surface area contributed by atoms with Gasteiger partial charge in [-0.1, -0.05) is 33.1 Å². The van der Waals surface area contributed by atoms with Gasteiger partial charge in [0.2, 0.25) is 0 Å². The largest absolute Gasteiger partial charge is 0.468 e. The number of rotatable bonds is 9. The highest BCUT2D eigenvalue weighted by atomic mass is 16.5. The average molecular weight is 286 g/mol. The van der Waals surface area contributed by atoms with Crippen molar-refractivity contribution >= 4 is 12.4 Å². The number of unbranched alkanes of at least 4 members (excludes halogenated alkanes) is 3. The third-order valence-corrected chi connectivity index (χ3v) is 3.41. The Morgan fingerprint density at radius 2 is 1.60 bits per heavy atom. The summed E-state index contributed by atoms with van der Waals surface area (Å²) in [5.41, 5.74) is 0. The van der Waals surface area contributed by atoms with Gasteiger partial charge in [0.05, 0.1) is 19.1 Å². The quantitative estimate of drug-likeness (QED) is 0.367. The Balaban J connectivity index is 0.00000172. The molecule has 0 radical (unpaired) electrons. The van der Waals surface area contributed by atoms with Crippen molar-refractivity contribution in [2.75, 3.05) is 13.2 Å². The zero-order valence-electron chi connectivity index (χ0n) is 13.1. The molecule has 1 aliphatic carbocycles. The minimum atomic E-state index is -0.000937. The van der Waals surface area contributed by atoms with Gasteiger partial charge in [-0.3, -0.25) is 9.59 Å². The van der Waals surface area contributed by atoms with E-state index >= 15 is 0 Å². The van der Waals surface area contributed by atoms with Crippen LogP contribution < -0.4 is 0 Å². The van der Waals surface area contributed by atoms with Crippen molar-refractivity contribution in [3.8, 4) is 0 Å². The predicted octanol–water partition coefficient (Wildman–Crippen LogP) is 3.87. The number of carbonyl (C=O) groups is 2. The average Bonchev–Trinajstić information content (AvgIpc) is 2.52. The molecule has 0 saturated heterocycles. The van der Waals surface area contributed by atoms with Crippen LogP contribution in [0.1, 0.15) is 71.6 Å². The molecule has 1 aliphatic rings. The fourth-order valence-electron chi connectivity index (χ4n) is 2.32. The zero-order valence-corrected chi connectivity index (χ0v) is 13.1. The fourth-order valence-corrected chi connectivity index (χ4v) is 2.32. The minimum Gasteiger partial charge on any atom is -0.468 e. The molecule has 1 fully saturated rings. The standard InChI is InChI=1S/C14H24O4.C2H6/c15-12-17-10-6-1-2-7-11-18-14(16)13-8-4-3-5-9-13;1-2/h12-13H,1-11H2;1-2H3. The summed E-state index contributed by atoms with van der Waals surface area (Å²) in [6, 6.07) is 0. The van der Waals surface area contributed by atoms with Gasteiger partial charge in [0.1, 0.15) is 0 Å². The molecule has 0 aromatic carbocycles. The molecule has 118 valence electrons. The van der Waals surface area contributed by atoms with Gasteiger partial charge in [-0.15, -0.1) is 0 Å². The molecule has 0 bridgehead atoms. The van der Waals surface area contributed by atoms with E-state index in [4.69, 9.17) is 4.74 Å². The molecule has 1 rings (SSSR count). The molecule has 0 atom stereocenters. The van der Waals surface area contributed by atoms with Gasteiger partial charge in [-0.05, 0) is 38.5 Å². The van der Waals surface area contributed by atoms with Crippen LogP contribution in [-0.4, -0.2) is 25.7 Å². The Morgan fingerprint density at radius 1 is 1.00 bits per heavy atom. The van der Waals surface area contributed by atoms with Crippen molar-refractivity contribution in [2.45, 2.75) is 71.6 Å². The lowest BCUT2D eigenvalue weighted by molar-refractivity contribution is -0.149. The van der Waals surface area contributed by atoms with Crippen molar-refractivity contribution in [1.82, 2.24) is 0 Å². The van der Waals surface area contributed by atoms with Crippen molar-refractivity contribution in [3.05, 3.63) is 0 Å². The van der Waals surface area contributed by atoms with Gasteiger partial charge >= 0.3 is 5.97 Å². The van der Waals surface area contributed by atoms with Crippen LogP contribution in [0.15, 0.2) is 0 Å². The number of hydrogen-bond donors (Lipinski definition) is 0. The molecule has 4 nitrogen and oxygen atoms in total. The van der Waals surface area contributed by atoms with Crippen LogP contribution in [0.4, 0.5) is 0 Å². The Morgan fingerprint density at radius 3 is 2.20 bits per heavy atom. The molecule has 20 heavy (non-hydrogen) atoms. The maximum atomic E-state index is 11.7. The fraction of sp³-hybridized carbons (Fsp3) is 0.875. The molecule has 0 aliphatic heterocycles. The summed E-state index contributed by atoms with van der Waals surface area (Å²) in [4.78, 5) is 21.6. The van der Waals surface area contributed by atoms with E-state index in [9.17, 15) is 9.59 Å². The molecule has 0 N–H and O–H groups in total. The van der Waals surface area contributed by atoms with Gasteiger partial charge in [-0.2, -0.15) is 0 Å². The summed E-state index contributed by atoms with van der Waals surface area (Å²) in [5.74, 6) is 0.152. The number of carbonyl (C=O) groups excluding carboxylic acids is 2. The number of ether oxygens (including phenoxy) is 2. The van der Waals surface area contributed by atoms with Crippen LogP contribution in [0.2, 0.25) is 0 Å². The summed E-state index contributed by atoms with van der Waals surface area (Å²) in [6.07, 6.45) is 9.40. The lowest BCUT2D eigenvalue weighted by Gasteiger charge is -2.19. The first-order chi connectivity index (χ1) is 9.84. The summed E-state index contributed by atoms with van der Waals surface area (Å²) >= 11 is 0. The van der Waals surface area contributed by atoms with Gasteiger partial charge in [0.25, 0.3) is 6.47 Å². The monoisotopic (exact) mass is 286 g/mol. The predicted molar refractivity (Wildman–Crippen MR) is 79.4 cm³/mol. The van der Waals surface area contributed by atoms with E-state index in [2.05, 4.69) is 4.74 Å². The SMILES string of the molecule is CC.O=COCCCCCCOC(=O)C1CCCCC1. The first-order valence-corrected chi connectivity index (χ1v) is 8.06. The maximum absolute atomic E-state index is 11.7. The van der Waals surface area contributed by atoms with Crippen molar-refractivity contribution in [2.24, 2.45) is 5.92 Å². The van der Waals surface area contributed by atoms with Crippen LogP contribution in [0.5, 0.6) is 0 Å². The van der Waals surface area contributed by atoms with E-state index in [1.165, 1.54) is 6.42 Å². The third kappa shape index (κ3) is 9.82. The van der Waals surface area contributed by atoms with Crippen molar-refractivity contribution < 1.29 is 19.1 Å². The second kappa shape index (κ2) is 14.4. The van der Waals surface area contributed by atoms with Crippen molar-refractivity contribution in [3.63, 3.8) is 0 Å². The Labute approximate surface area is 123 Å². The van der Waals surface area contributed by atoms with E-state index in [-0.39, 0.29) is 11.9 Å². The molecule has 1 saturated carbocycles. The normalized spacial score (nSPS) is 14.9.